The maximum atomic E-state index is 4.97. The number of hydrogen-bond acceptors (Lipinski definition) is 0. The Morgan fingerprint density at radius 3 is 1.50 bits per heavy atom. The quantitative estimate of drug-likeness (QED) is 0.393. The molecule has 0 aliphatic rings. The molecule has 0 saturated heterocycles. The highest BCUT2D eigenvalue weighted by Crippen LogP contribution is 1.78. The van der Waals surface area contributed by atoms with Crippen LogP contribution in [0.5, 0.6) is 0 Å². The third-order valence-corrected chi connectivity index (χ3v) is 0. The molecule has 0 unspecified atom stereocenters. The van der Waals surface area contributed by atoms with Gasteiger partial charge in [-0.05, 0) is 0 Å². The summed E-state index contributed by atoms with van der Waals surface area (Å²) in [6.45, 7) is 0. The van der Waals surface area contributed by atoms with Crippen LogP contribution in [0.25, 0.3) is 0 Å². The van der Waals surface area contributed by atoms with Crippen molar-refractivity contribution in [1.29, 1.82) is 0 Å². The second kappa shape index (κ2) is 1.94. The molecule has 0 aromatic rings. The fraction of sp³-hybridized carbons (Fsp3) is 0. The molecule has 0 aliphatic heterocycles. The molecule has 0 aromatic carbocycles. The number of rotatable bonds is 0. The lowest BCUT2D eigenvalue weighted by Crippen LogP contribution is -1.58. The topological polar surface area (TPSA) is 0 Å². The molecule has 0 aliphatic carbocycles. The van der Waals surface area contributed by atoms with E-state index in [9.17, 15) is 0 Å². The van der Waals surface area contributed by atoms with Crippen LogP contribution in [0, 0.1) is 0 Å². The van der Waals surface area contributed by atoms with Gasteiger partial charge in [0.1, 0.15) is 0 Å². The van der Waals surface area contributed by atoms with Gasteiger partial charge in [0, 0.05) is 9.85 Å². The molecule has 0 bridgehead atoms. The second-order valence-electron chi connectivity index (χ2n) is 0.339. The molecule has 3 heteroatoms. The first kappa shape index (κ1) is 4.67. The van der Waals surface area contributed by atoms with Crippen molar-refractivity contribution in [3.05, 3.63) is 0 Å². The third kappa shape index (κ3) is 16.7. The smallest absolute Gasteiger partial charge is 0.0727 e. The van der Waals surface area contributed by atoms with Gasteiger partial charge in [0.2, 0.25) is 0 Å². The molecular weight excluding hydrogens is 111 g/mol. The van der Waals surface area contributed by atoms with Crippen LogP contribution in [-0.4, -0.2) is 13.9 Å². The fourth-order valence-corrected chi connectivity index (χ4v) is 0. The summed E-state index contributed by atoms with van der Waals surface area (Å²) in [5.74, 6) is 0. The summed E-state index contributed by atoms with van der Waals surface area (Å²) in [6, 6.07) is 0. The molecule has 0 nitrogen and oxygen atoms in total. The monoisotopic (exact) mass is 112 g/mol. The molecule has 0 rings (SSSR count). The predicted molar refractivity (Wildman–Crippen MR) is 25.3 cm³/mol. The molecule has 0 N–H and O–H groups in total. The van der Waals surface area contributed by atoms with Crippen LogP contribution in [0.1, 0.15) is 0 Å². The van der Waals surface area contributed by atoms with Gasteiger partial charge in [-0.15, -0.1) is 0 Å². The van der Waals surface area contributed by atoms with Crippen LogP contribution >= 0.6 is 23.2 Å². The lowest BCUT2D eigenvalue weighted by molar-refractivity contribution is 3.79. The van der Waals surface area contributed by atoms with Gasteiger partial charge in [-0.25, -0.2) is 0 Å². The van der Waals surface area contributed by atoms with Crippen molar-refractivity contribution in [3.8, 4) is 0 Å². The molecule has 0 radical (unpaired) electrons. The first-order valence-electron chi connectivity index (χ1n) is 0.732. The minimum atomic E-state index is 0.389. The fourth-order valence-electron chi connectivity index (χ4n) is 0. The molecule has 0 fully saturated rings. The highest BCUT2D eigenvalue weighted by molar-refractivity contribution is 7.06. The molecule has 0 aromatic heterocycles. The lowest BCUT2D eigenvalue weighted by atomic mass is 11.9. The maximum absolute atomic E-state index is 4.97. The van der Waals surface area contributed by atoms with Gasteiger partial charge >= 0.3 is 0 Å². The zero-order valence-corrected chi connectivity index (χ0v) is 4.89. The van der Waals surface area contributed by atoms with Crippen LogP contribution in [0.3, 0.4) is 0 Å². The van der Waals surface area contributed by atoms with Crippen LogP contribution in [0.4, 0.5) is 0 Å². The highest BCUT2D eigenvalue weighted by atomic mass is 35.5. The Bertz CT molecular complexity index is 29.0. The van der Waals surface area contributed by atoms with E-state index in [1.165, 1.54) is 9.85 Å². The Labute approximate surface area is 37.8 Å². The van der Waals surface area contributed by atoms with Crippen molar-refractivity contribution in [2.24, 2.45) is 0 Å². The van der Waals surface area contributed by atoms with Gasteiger partial charge in [-0.1, -0.05) is 23.2 Å². The number of halogens is 2. The summed E-state index contributed by atoms with van der Waals surface area (Å²) in [6.07, 6.45) is 0. The minimum Gasteiger partial charge on any atom is -0.0779 e. The van der Waals surface area contributed by atoms with Gasteiger partial charge in [-0.2, -0.15) is 0 Å². The third-order valence-electron chi connectivity index (χ3n) is 0. The average molecular weight is 113 g/mol. The standard InChI is InChI=1S/CH2Cl2Si/c2-1(3)4/h4H2. The molecule has 0 saturated carbocycles. The van der Waals surface area contributed by atoms with Crippen molar-refractivity contribution < 1.29 is 0 Å². The van der Waals surface area contributed by atoms with E-state index in [0.717, 1.165) is 0 Å². The Balaban J connectivity index is 2.80. The van der Waals surface area contributed by atoms with Gasteiger partial charge in [0.25, 0.3) is 0 Å². The Morgan fingerprint density at radius 1 is 1.50 bits per heavy atom. The van der Waals surface area contributed by atoms with Crippen LogP contribution < -0.4 is 0 Å². The average Bonchev–Trinajstić information content (AvgIpc) is 0.811. The van der Waals surface area contributed by atoms with Crippen molar-refractivity contribution in [3.63, 3.8) is 0 Å². The molecule has 0 atom stereocenters. The van der Waals surface area contributed by atoms with E-state index in [1.807, 2.05) is 0 Å². The predicted octanol–water partition coefficient (Wildman–Crippen LogP) is 0.184. The van der Waals surface area contributed by atoms with Crippen molar-refractivity contribution in [2.75, 3.05) is 0 Å². The molecule has 0 heterocycles. The summed E-state index contributed by atoms with van der Waals surface area (Å²) in [5.41, 5.74) is 0. The Hall–Kier alpha value is 0.667. The normalized spacial score (nSPS) is 6.50. The van der Waals surface area contributed by atoms with E-state index >= 15 is 0 Å². The minimum absolute atomic E-state index is 0.389. The SMILES string of the molecule is [SiH2]=C(Cl)Cl. The summed E-state index contributed by atoms with van der Waals surface area (Å²) in [7, 11) is 1.45. The van der Waals surface area contributed by atoms with Gasteiger partial charge in [0.05, 0.1) is 4.09 Å². The van der Waals surface area contributed by atoms with E-state index in [1.54, 1.807) is 0 Å². The van der Waals surface area contributed by atoms with E-state index in [-0.39, 0.29) is 0 Å². The van der Waals surface area contributed by atoms with Crippen LogP contribution in [-0.2, 0) is 0 Å². The van der Waals surface area contributed by atoms with Gasteiger partial charge in [0.15, 0.2) is 0 Å². The van der Waals surface area contributed by atoms with E-state index in [0.29, 0.717) is 4.09 Å². The van der Waals surface area contributed by atoms with Gasteiger partial charge < -0.3 is 0 Å². The largest absolute Gasteiger partial charge is 0.0779 e. The summed E-state index contributed by atoms with van der Waals surface area (Å²) >= 11 is 9.94. The first-order valence-corrected chi connectivity index (χ1v) is 2.19. The lowest BCUT2D eigenvalue weighted by Gasteiger charge is -1.58. The van der Waals surface area contributed by atoms with Gasteiger partial charge in [-0.3, -0.25) is 0 Å². The molecule has 0 spiro atoms. The van der Waals surface area contributed by atoms with E-state index in [2.05, 4.69) is 0 Å². The van der Waals surface area contributed by atoms with Crippen molar-refractivity contribution in [2.45, 2.75) is 0 Å². The van der Waals surface area contributed by atoms with E-state index in [4.69, 9.17) is 23.2 Å². The molecular formula is CH2Cl2Si. The first-order chi connectivity index (χ1) is 1.73. The van der Waals surface area contributed by atoms with Crippen molar-refractivity contribution in [1.82, 2.24) is 0 Å². The zero-order valence-electron chi connectivity index (χ0n) is 1.96. The molecule has 4 heavy (non-hydrogen) atoms. The highest BCUT2D eigenvalue weighted by Gasteiger charge is 1.59. The zero-order chi connectivity index (χ0) is 3.58. The number of hydrogen-bond donors (Lipinski definition) is 0. The summed E-state index contributed by atoms with van der Waals surface area (Å²) in [5, 5.41) is 0. The Kier molecular flexibility index (Phi) is 2.26. The van der Waals surface area contributed by atoms with Crippen LogP contribution in [0.2, 0.25) is 0 Å². The maximum Gasteiger partial charge on any atom is 0.0727 e. The van der Waals surface area contributed by atoms with Crippen molar-refractivity contribution >= 4 is 37.1 Å². The molecule has 24 valence electrons. The second-order valence-corrected chi connectivity index (χ2v) is 3.05. The summed E-state index contributed by atoms with van der Waals surface area (Å²) < 4.78 is 0.389. The van der Waals surface area contributed by atoms with E-state index < -0.39 is 0 Å². The van der Waals surface area contributed by atoms with Crippen LogP contribution in [0.15, 0.2) is 0 Å². The molecule has 0 amide bonds. The summed E-state index contributed by atoms with van der Waals surface area (Å²) in [4.78, 5) is 0. The Morgan fingerprint density at radius 2 is 1.50 bits per heavy atom.